The predicted octanol–water partition coefficient (Wildman–Crippen LogP) is 2.62. The average Bonchev–Trinajstić information content (AvgIpc) is 2.63. The molecule has 1 aromatic rings. The molecule has 1 heterocycles. The van der Waals surface area contributed by atoms with E-state index in [0.717, 1.165) is 17.8 Å². The molecule has 0 bridgehead atoms. The van der Waals surface area contributed by atoms with E-state index in [1.807, 2.05) is 13.8 Å². The van der Waals surface area contributed by atoms with Gasteiger partial charge in [0.1, 0.15) is 5.69 Å². The molecule has 1 saturated carbocycles. The van der Waals surface area contributed by atoms with Gasteiger partial charge in [0, 0.05) is 17.8 Å². The Morgan fingerprint density at radius 1 is 1.37 bits per heavy atom. The van der Waals surface area contributed by atoms with Crippen LogP contribution in [0.1, 0.15) is 65.2 Å². The number of rotatable bonds is 5. The highest BCUT2D eigenvalue weighted by Crippen LogP contribution is 2.25. The average molecular weight is 262 g/mol. The van der Waals surface area contributed by atoms with Crippen molar-refractivity contribution in [2.75, 3.05) is 6.54 Å². The summed E-state index contributed by atoms with van der Waals surface area (Å²) in [5.41, 5.74) is 2.87. The second-order valence-corrected chi connectivity index (χ2v) is 5.40. The number of aromatic nitrogens is 1. The van der Waals surface area contributed by atoms with Crippen molar-refractivity contribution in [2.24, 2.45) is 5.92 Å². The van der Waals surface area contributed by atoms with Crippen LogP contribution < -0.4 is 5.32 Å². The molecule has 0 spiro atoms. The lowest BCUT2D eigenvalue weighted by atomic mass is 9.85. The standard InChI is InChI=1S/C15H22N2O2/c1-4-12-13(10(3)18)9(2)17-14(12)15(19)16-8-11-6-5-7-11/h11,17H,4-8H2,1-3H3,(H,16,19). The number of aryl methyl sites for hydroxylation is 1. The number of hydrogen-bond donors (Lipinski definition) is 2. The van der Waals surface area contributed by atoms with Crippen LogP contribution in [0, 0.1) is 12.8 Å². The van der Waals surface area contributed by atoms with Crippen LogP contribution in [0.25, 0.3) is 0 Å². The van der Waals surface area contributed by atoms with E-state index in [4.69, 9.17) is 0 Å². The van der Waals surface area contributed by atoms with E-state index in [9.17, 15) is 9.59 Å². The Kier molecular flexibility index (Phi) is 4.08. The third kappa shape index (κ3) is 2.72. The fourth-order valence-corrected chi connectivity index (χ4v) is 2.72. The van der Waals surface area contributed by atoms with Crippen molar-refractivity contribution in [3.05, 3.63) is 22.5 Å². The quantitative estimate of drug-likeness (QED) is 0.801. The molecule has 4 nitrogen and oxygen atoms in total. The summed E-state index contributed by atoms with van der Waals surface area (Å²) >= 11 is 0. The Balaban J connectivity index is 2.16. The summed E-state index contributed by atoms with van der Waals surface area (Å²) in [5.74, 6) is 0.570. The zero-order valence-electron chi connectivity index (χ0n) is 11.9. The number of aromatic amines is 1. The van der Waals surface area contributed by atoms with Crippen molar-refractivity contribution in [3.63, 3.8) is 0 Å². The van der Waals surface area contributed by atoms with Gasteiger partial charge in [-0.2, -0.15) is 0 Å². The van der Waals surface area contributed by atoms with Crippen LogP contribution in [0.5, 0.6) is 0 Å². The predicted molar refractivity (Wildman–Crippen MR) is 74.6 cm³/mol. The molecule has 19 heavy (non-hydrogen) atoms. The normalized spacial score (nSPS) is 15.1. The SMILES string of the molecule is CCc1c(C(=O)NCC2CCC2)[nH]c(C)c1C(C)=O. The summed E-state index contributed by atoms with van der Waals surface area (Å²) in [6.07, 6.45) is 4.38. The second-order valence-electron chi connectivity index (χ2n) is 5.40. The highest BCUT2D eigenvalue weighted by atomic mass is 16.2. The van der Waals surface area contributed by atoms with Gasteiger partial charge in [0.15, 0.2) is 5.78 Å². The molecular formula is C15H22N2O2. The first-order valence-electron chi connectivity index (χ1n) is 7.05. The molecule has 2 N–H and O–H groups in total. The van der Waals surface area contributed by atoms with Crippen LogP contribution in [0.4, 0.5) is 0 Å². The second kappa shape index (κ2) is 5.59. The van der Waals surface area contributed by atoms with Gasteiger partial charge in [-0.15, -0.1) is 0 Å². The number of carbonyl (C=O) groups is 2. The fourth-order valence-electron chi connectivity index (χ4n) is 2.72. The molecular weight excluding hydrogens is 240 g/mol. The van der Waals surface area contributed by atoms with E-state index in [1.54, 1.807) is 6.92 Å². The van der Waals surface area contributed by atoms with Gasteiger partial charge in [-0.05, 0) is 44.6 Å². The molecule has 1 fully saturated rings. The molecule has 0 aliphatic heterocycles. The van der Waals surface area contributed by atoms with E-state index in [0.29, 0.717) is 23.6 Å². The van der Waals surface area contributed by atoms with Gasteiger partial charge in [0.25, 0.3) is 5.91 Å². The van der Waals surface area contributed by atoms with Crippen LogP contribution in [0.15, 0.2) is 0 Å². The molecule has 1 aliphatic rings. The number of H-pyrrole nitrogens is 1. The molecule has 104 valence electrons. The van der Waals surface area contributed by atoms with Gasteiger partial charge in [-0.25, -0.2) is 0 Å². The zero-order chi connectivity index (χ0) is 14.0. The summed E-state index contributed by atoms with van der Waals surface area (Å²) in [6, 6.07) is 0. The minimum atomic E-state index is -0.0839. The Hall–Kier alpha value is -1.58. The van der Waals surface area contributed by atoms with Crippen molar-refractivity contribution >= 4 is 11.7 Å². The molecule has 0 unspecified atom stereocenters. The first kappa shape index (κ1) is 13.8. The number of carbonyl (C=O) groups excluding carboxylic acids is 2. The molecule has 0 saturated heterocycles. The highest BCUT2D eigenvalue weighted by Gasteiger charge is 2.23. The first-order valence-corrected chi connectivity index (χ1v) is 7.05. The van der Waals surface area contributed by atoms with Gasteiger partial charge in [-0.1, -0.05) is 13.3 Å². The maximum atomic E-state index is 12.2. The van der Waals surface area contributed by atoms with Crippen molar-refractivity contribution in [1.29, 1.82) is 0 Å². The minimum absolute atomic E-state index is 0.0173. The summed E-state index contributed by atoms with van der Waals surface area (Å²) in [7, 11) is 0. The minimum Gasteiger partial charge on any atom is -0.354 e. The molecule has 0 atom stereocenters. The number of nitrogens with one attached hydrogen (secondary N) is 2. The zero-order valence-corrected chi connectivity index (χ0v) is 11.9. The van der Waals surface area contributed by atoms with E-state index in [1.165, 1.54) is 19.3 Å². The largest absolute Gasteiger partial charge is 0.354 e. The topological polar surface area (TPSA) is 62.0 Å². The van der Waals surface area contributed by atoms with Crippen molar-refractivity contribution in [3.8, 4) is 0 Å². The lowest BCUT2D eigenvalue weighted by molar-refractivity contribution is 0.0933. The molecule has 0 radical (unpaired) electrons. The number of amides is 1. The maximum absolute atomic E-state index is 12.2. The maximum Gasteiger partial charge on any atom is 0.268 e. The summed E-state index contributed by atoms with van der Waals surface area (Å²) < 4.78 is 0. The van der Waals surface area contributed by atoms with Crippen LogP contribution in [0.3, 0.4) is 0 Å². The lowest BCUT2D eigenvalue weighted by Gasteiger charge is -2.25. The summed E-state index contributed by atoms with van der Waals surface area (Å²) in [6.45, 7) is 6.11. The van der Waals surface area contributed by atoms with Crippen molar-refractivity contribution in [1.82, 2.24) is 10.3 Å². The van der Waals surface area contributed by atoms with Gasteiger partial charge >= 0.3 is 0 Å². The first-order chi connectivity index (χ1) is 9.04. The smallest absolute Gasteiger partial charge is 0.268 e. The van der Waals surface area contributed by atoms with E-state index in [-0.39, 0.29) is 11.7 Å². The fraction of sp³-hybridized carbons (Fsp3) is 0.600. The Bertz CT molecular complexity index is 498. The highest BCUT2D eigenvalue weighted by molar-refractivity contribution is 6.02. The van der Waals surface area contributed by atoms with Gasteiger partial charge < -0.3 is 10.3 Å². The number of hydrogen-bond acceptors (Lipinski definition) is 2. The van der Waals surface area contributed by atoms with E-state index < -0.39 is 0 Å². The van der Waals surface area contributed by atoms with Crippen molar-refractivity contribution in [2.45, 2.75) is 46.5 Å². The Morgan fingerprint density at radius 2 is 2.05 bits per heavy atom. The third-order valence-electron chi connectivity index (χ3n) is 4.00. The molecule has 1 aromatic heterocycles. The monoisotopic (exact) mass is 262 g/mol. The van der Waals surface area contributed by atoms with E-state index >= 15 is 0 Å². The molecule has 1 amide bonds. The van der Waals surface area contributed by atoms with Crippen LogP contribution in [-0.4, -0.2) is 23.2 Å². The number of Topliss-reactive ketones (excluding diaryl/α,β-unsaturated/α-hetero) is 1. The number of ketones is 1. The summed E-state index contributed by atoms with van der Waals surface area (Å²) in [5, 5.41) is 2.97. The summed E-state index contributed by atoms with van der Waals surface area (Å²) in [4.78, 5) is 26.9. The van der Waals surface area contributed by atoms with E-state index in [2.05, 4.69) is 10.3 Å². The Labute approximate surface area is 114 Å². The molecule has 1 aliphatic carbocycles. The van der Waals surface area contributed by atoms with Crippen LogP contribution in [-0.2, 0) is 6.42 Å². The van der Waals surface area contributed by atoms with Gasteiger partial charge in [0.2, 0.25) is 0 Å². The van der Waals surface area contributed by atoms with Crippen molar-refractivity contribution < 1.29 is 9.59 Å². The van der Waals surface area contributed by atoms with Crippen LogP contribution >= 0.6 is 0 Å². The van der Waals surface area contributed by atoms with Crippen LogP contribution in [0.2, 0.25) is 0 Å². The Morgan fingerprint density at radius 3 is 2.53 bits per heavy atom. The van der Waals surface area contributed by atoms with Gasteiger partial charge in [0.05, 0.1) is 0 Å². The molecule has 2 rings (SSSR count). The lowest BCUT2D eigenvalue weighted by Crippen LogP contribution is -2.32. The third-order valence-corrected chi connectivity index (χ3v) is 4.00. The molecule has 4 heteroatoms. The molecule has 0 aromatic carbocycles. The van der Waals surface area contributed by atoms with Gasteiger partial charge in [-0.3, -0.25) is 9.59 Å².